The minimum absolute atomic E-state index is 0.0326. The van der Waals surface area contributed by atoms with Crippen LogP contribution in [0.15, 0.2) is 0 Å². The van der Waals surface area contributed by atoms with Gasteiger partial charge in [0, 0.05) is 12.1 Å². The maximum Gasteiger partial charge on any atom is 0.0616 e. The van der Waals surface area contributed by atoms with Crippen LogP contribution >= 0.6 is 0 Å². The summed E-state index contributed by atoms with van der Waals surface area (Å²) in [7, 11) is 0. The smallest absolute Gasteiger partial charge is 0.0616 e. The molecular weight excluding hydrogens is 202 g/mol. The minimum Gasteiger partial charge on any atom is -0.394 e. The van der Waals surface area contributed by atoms with E-state index in [0.717, 1.165) is 26.0 Å². The lowest BCUT2D eigenvalue weighted by Crippen LogP contribution is -2.51. The molecule has 0 radical (unpaired) electrons. The highest BCUT2D eigenvalue weighted by Crippen LogP contribution is 2.37. The maximum absolute atomic E-state index is 9.62. The summed E-state index contributed by atoms with van der Waals surface area (Å²) in [5.41, 5.74) is -0.0326. The van der Waals surface area contributed by atoms with Gasteiger partial charge in [-0.1, -0.05) is 13.3 Å². The molecule has 96 valence electrons. The standard InChI is InChI=1S/C13H27NO2/c1-4-14-13(10-15)8-5-6-12(13)7-9-16-11(2)3/h11-12,14-15H,4-10H2,1-3H3. The third-order valence-electron chi connectivity index (χ3n) is 3.69. The topological polar surface area (TPSA) is 41.5 Å². The van der Waals surface area contributed by atoms with Crippen molar-refractivity contribution in [1.29, 1.82) is 0 Å². The third kappa shape index (κ3) is 3.44. The molecule has 0 amide bonds. The molecule has 3 nitrogen and oxygen atoms in total. The second-order valence-corrected chi connectivity index (χ2v) is 5.14. The fourth-order valence-electron chi connectivity index (χ4n) is 2.86. The molecule has 16 heavy (non-hydrogen) atoms. The number of ether oxygens (including phenoxy) is 1. The molecule has 0 heterocycles. The Hall–Kier alpha value is -0.120. The first-order valence-corrected chi connectivity index (χ1v) is 6.62. The molecule has 2 atom stereocenters. The van der Waals surface area contributed by atoms with Crippen LogP contribution in [0, 0.1) is 5.92 Å². The highest BCUT2D eigenvalue weighted by atomic mass is 16.5. The van der Waals surface area contributed by atoms with Crippen LogP contribution in [-0.4, -0.2) is 36.5 Å². The van der Waals surface area contributed by atoms with E-state index in [1.165, 1.54) is 12.8 Å². The number of likely N-dealkylation sites (N-methyl/N-ethyl adjacent to an activating group) is 1. The van der Waals surface area contributed by atoms with Crippen molar-refractivity contribution in [3.63, 3.8) is 0 Å². The molecule has 2 unspecified atom stereocenters. The average Bonchev–Trinajstić information content (AvgIpc) is 2.62. The predicted octanol–water partition coefficient (Wildman–Crippen LogP) is 1.94. The molecule has 0 aliphatic heterocycles. The summed E-state index contributed by atoms with van der Waals surface area (Å²) in [6, 6.07) is 0. The zero-order valence-corrected chi connectivity index (χ0v) is 11.0. The molecule has 1 saturated carbocycles. The first kappa shape index (κ1) is 13.9. The minimum atomic E-state index is -0.0326. The summed E-state index contributed by atoms with van der Waals surface area (Å²) >= 11 is 0. The zero-order chi connectivity index (χ0) is 12.0. The van der Waals surface area contributed by atoms with Gasteiger partial charge in [0.25, 0.3) is 0 Å². The van der Waals surface area contributed by atoms with Crippen molar-refractivity contribution < 1.29 is 9.84 Å². The largest absolute Gasteiger partial charge is 0.394 e. The van der Waals surface area contributed by atoms with Gasteiger partial charge in [0.2, 0.25) is 0 Å². The normalized spacial score (nSPS) is 30.2. The summed E-state index contributed by atoms with van der Waals surface area (Å²) in [6.07, 6.45) is 4.91. The van der Waals surface area contributed by atoms with Gasteiger partial charge < -0.3 is 15.2 Å². The Morgan fingerprint density at radius 3 is 2.81 bits per heavy atom. The van der Waals surface area contributed by atoms with Gasteiger partial charge in [0.15, 0.2) is 0 Å². The Labute approximate surface area is 99.6 Å². The van der Waals surface area contributed by atoms with Crippen molar-refractivity contribution in [2.75, 3.05) is 19.8 Å². The van der Waals surface area contributed by atoms with Gasteiger partial charge in [0.1, 0.15) is 0 Å². The van der Waals surface area contributed by atoms with Gasteiger partial charge in [-0.25, -0.2) is 0 Å². The van der Waals surface area contributed by atoms with Crippen LogP contribution in [0.1, 0.15) is 46.5 Å². The summed E-state index contributed by atoms with van der Waals surface area (Å²) in [6.45, 7) is 8.25. The van der Waals surface area contributed by atoms with Gasteiger partial charge in [-0.3, -0.25) is 0 Å². The van der Waals surface area contributed by atoms with Crippen LogP contribution in [0.4, 0.5) is 0 Å². The van der Waals surface area contributed by atoms with Crippen LogP contribution in [0.3, 0.4) is 0 Å². The lowest BCUT2D eigenvalue weighted by atomic mass is 9.85. The van der Waals surface area contributed by atoms with Gasteiger partial charge in [-0.2, -0.15) is 0 Å². The average molecular weight is 229 g/mol. The van der Waals surface area contributed by atoms with Crippen molar-refractivity contribution in [3.8, 4) is 0 Å². The van der Waals surface area contributed by atoms with Gasteiger partial charge in [-0.05, 0) is 45.6 Å². The monoisotopic (exact) mass is 229 g/mol. The van der Waals surface area contributed by atoms with Crippen LogP contribution < -0.4 is 5.32 Å². The number of aliphatic hydroxyl groups excluding tert-OH is 1. The number of nitrogens with one attached hydrogen (secondary N) is 1. The lowest BCUT2D eigenvalue weighted by molar-refractivity contribution is 0.0492. The predicted molar refractivity (Wildman–Crippen MR) is 66.5 cm³/mol. The molecule has 0 aromatic rings. The summed E-state index contributed by atoms with van der Waals surface area (Å²) in [4.78, 5) is 0. The molecule has 0 aromatic carbocycles. The van der Waals surface area contributed by atoms with E-state index >= 15 is 0 Å². The molecule has 3 heteroatoms. The quantitative estimate of drug-likeness (QED) is 0.701. The molecule has 1 rings (SSSR count). The van der Waals surface area contributed by atoms with E-state index in [0.29, 0.717) is 12.0 Å². The van der Waals surface area contributed by atoms with Crippen molar-refractivity contribution in [2.24, 2.45) is 5.92 Å². The Bertz CT molecular complexity index is 196. The Kier molecular flexibility index (Phi) is 5.73. The fraction of sp³-hybridized carbons (Fsp3) is 1.00. The van der Waals surface area contributed by atoms with E-state index in [1.807, 2.05) is 0 Å². The van der Waals surface area contributed by atoms with E-state index in [9.17, 15) is 5.11 Å². The van der Waals surface area contributed by atoms with Gasteiger partial charge >= 0.3 is 0 Å². The highest BCUT2D eigenvalue weighted by Gasteiger charge is 2.41. The Morgan fingerprint density at radius 1 is 1.50 bits per heavy atom. The van der Waals surface area contributed by atoms with Gasteiger partial charge in [-0.15, -0.1) is 0 Å². The molecule has 0 bridgehead atoms. The number of aliphatic hydroxyl groups is 1. The van der Waals surface area contributed by atoms with Crippen molar-refractivity contribution in [3.05, 3.63) is 0 Å². The summed E-state index contributed by atoms with van der Waals surface area (Å²) in [5, 5.41) is 13.1. The molecule has 1 aliphatic rings. The van der Waals surface area contributed by atoms with Crippen LogP contribution in [-0.2, 0) is 4.74 Å². The molecule has 2 N–H and O–H groups in total. The van der Waals surface area contributed by atoms with E-state index in [-0.39, 0.29) is 12.1 Å². The summed E-state index contributed by atoms with van der Waals surface area (Å²) in [5.74, 6) is 0.566. The maximum atomic E-state index is 9.62. The number of hydrogen-bond donors (Lipinski definition) is 2. The SMILES string of the molecule is CCNC1(CO)CCCC1CCOC(C)C. The van der Waals surface area contributed by atoms with Crippen molar-refractivity contribution in [2.45, 2.75) is 58.1 Å². The van der Waals surface area contributed by atoms with Crippen LogP contribution in [0.5, 0.6) is 0 Å². The molecule has 0 aromatic heterocycles. The van der Waals surface area contributed by atoms with Gasteiger partial charge in [0.05, 0.1) is 12.7 Å². The second kappa shape index (κ2) is 6.58. The van der Waals surface area contributed by atoms with E-state index in [1.54, 1.807) is 0 Å². The van der Waals surface area contributed by atoms with Crippen molar-refractivity contribution >= 4 is 0 Å². The van der Waals surface area contributed by atoms with Crippen molar-refractivity contribution in [1.82, 2.24) is 5.32 Å². The Morgan fingerprint density at radius 2 is 2.25 bits per heavy atom. The Balaban J connectivity index is 2.43. The molecule has 0 spiro atoms. The lowest BCUT2D eigenvalue weighted by Gasteiger charge is -2.35. The van der Waals surface area contributed by atoms with E-state index in [2.05, 4.69) is 26.1 Å². The second-order valence-electron chi connectivity index (χ2n) is 5.14. The first-order valence-electron chi connectivity index (χ1n) is 6.62. The number of rotatable bonds is 7. The molecule has 0 saturated heterocycles. The van der Waals surface area contributed by atoms with E-state index in [4.69, 9.17) is 4.74 Å². The molecule has 1 aliphatic carbocycles. The molecular formula is C13H27NO2. The van der Waals surface area contributed by atoms with Crippen LogP contribution in [0.25, 0.3) is 0 Å². The summed E-state index contributed by atoms with van der Waals surface area (Å²) < 4.78 is 5.61. The zero-order valence-electron chi connectivity index (χ0n) is 11.0. The number of hydrogen-bond acceptors (Lipinski definition) is 3. The fourth-order valence-corrected chi connectivity index (χ4v) is 2.86. The van der Waals surface area contributed by atoms with Crippen LogP contribution in [0.2, 0.25) is 0 Å². The highest BCUT2D eigenvalue weighted by molar-refractivity contribution is 4.98. The third-order valence-corrected chi connectivity index (χ3v) is 3.69. The van der Waals surface area contributed by atoms with E-state index < -0.39 is 0 Å². The first-order chi connectivity index (χ1) is 7.64. The molecule has 1 fully saturated rings.